The van der Waals surface area contributed by atoms with Crippen LogP contribution in [0.25, 0.3) is 0 Å². The van der Waals surface area contributed by atoms with Gasteiger partial charge in [-0.15, -0.1) is 0 Å². The first-order valence-corrected chi connectivity index (χ1v) is 9.05. The van der Waals surface area contributed by atoms with E-state index in [0.29, 0.717) is 52.6 Å². The van der Waals surface area contributed by atoms with Gasteiger partial charge in [-0.2, -0.15) is 0 Å². The number of ether oxygens (including phenoxy) is 1. The summed E-state index contributed by atoms with van der Waals surface area (Å²) in [5, 5.41) is 0. The summed E-state index contributed by atoms with van der Waals surface area (Å²) < 4.78 is 27.8. The van der Waals surface area contributed by atoms with Crippen LogP contribution in [0.2, 0.25) is 0 Å². The third-order valence-corrected chi connectivity index (χ3v) is 4.78. The summed E-state index contributed by atoms with van der Waals surface area (Å²) in [6.45, 7) is 9.15. The van der Waals surface area contributed by atoms with Crippen LogP contribution in [0.3, 0.4) is 0 Å². The topological polar surface area (TPSA) is 75.6 Å². The molecule has 0 rings (SSSR count). The van der Waals surface area contributed by atoms with Gasteiger partial charge in [0.1, 0.15) is 0 Å². The molecule has 0 radical (unpaired) electrons. The molecule has 0 fully saturated rings. The average Bonchev–Trinajstić information content (AvgIpc) is 2.46. The third-order valence-electron chi connectivity index (χ3n) is 2.30. The van der Waals surface area contributed by atoms with Crippen molar-refractivity contribution < 1.29 is 27.2 Å². The Hall–Kier alpha value is -0.603. The van der Waals surface area contributed by atoms with E-state index in [2.05, 4.69) is 4.99 Å². The Kier molecular flexibility index (Phi) is 13.9. The standard InChI is InChI=1S/C13H27NO6Si/c1-4-17-21(18-5-2,19-6-3)20-12-8-11-16-10-7-9-14-13-15/h4-12H2,1-3H3. The second-order valence-corrected chi connectivity index (χ2v) is 6.09. The average molecular weight is 321 g/mol. The Balaban J connectivity index is 3.83. The zero-order chi connectivity index (χ0) is 15.8. The highest BCUT2D eigenvalue weighted by Gasteiger charge is 2.44. The van der Waals surface area contributed by atoms with Gasteiger partial charge in [0.25, 0.3) is 0 Å². The van der Waals surface area contributed by atoms with Crippen LogP contribution in [0.15, 0.2) is 4.99 Å². The van der Waals surface area contributed by atoms with Crippen molar-refractivity contribution in [1.82, 2.24) is 0 Å². The first kappa shape index (κ1) is 20.4. The molecule has 0 heterocycles. The minimum absolute atomic E-state index is 0.453. The van der Waals surface area contributed by atoms with E-state index in [9.17, 15) is 4.79 Å². The molecule has 0 aliphatic heterocycles. The van der Waals surface area contributed by atoms with E-state index < -0.39 is 9.05 Å². The van der Waals surface area contributed by atoms with Crippen LogP contribution >= 0.6 is 0 Å². The van der Waals surface area contributed by atoms with Gasteiger partial charge in [0.15, 0.2) is 0 Å². The van der Waals surface area contributed by atoms with Crippen molar-refractivity contribution in [1.29, 1.82) is 0 Å². The molecule has 124 valence electrons. The fourth-order valence-electron chi connectivity index (χ4n) is 1.53. The van der Waals surface area contributed by atoms with Crippen LogP contribution in [0.4, 0.5) is 0 Å². The van der Waals surface area contributed by atoms with E-state index in [1.54, 1.807) is 0 Å². The van der Waals surface area contributed by atoms with E-state index in [-0.39, 0.29) is 0 Å². The molecule has 0 aromatic carbocycles. The summed E-state index contributed by atoms with van der Waals surface area (Å²) in [6, 6.07) is 0. The van der Waals surface area contributed by atoms with Crippen LogP contribution in [0.5, 0.6) is 0 Å². The highest BCUT2D eigenvalue weighted by molar-refractivity contribution is 6.53. The first-order valence-electron chi connectivity index (χ1n) is 7.41. The molecule has 21 heavy (non-hydrogen) atoms. The van der Waals surface area contributed by atoms with Gasteiger partial charge >= 0.3 is 9.05 Å². The van der Waals surface area contributed by atoms with E-state index in [4.69, 9.17) is 22.4 Å². The fraction of sp³-hybridized carbons (Fsp3) is 0.923. The Labute approximate surface area is 128 Å². The smallest absolute Gasteiger partial charge is 0.381 e. The molecule has 0 atom stereocenters. The van der Waals surface area contributed by atoms with Crippen LogP contribution in [-0.2, 0) is 27.2 Å². The molecule has 0 aliphatic carbocycles. The zero-order valence-electron chi connectivity index (χ0n) is 13.3. The molecule has 0 spiro atoms. The molecule has 8 heteroatoms. The normalized spacial score (nSPS) is 11.4. The SMILES string of the molecule is CCO[Si](OCC)(OCC)OCCCOCCCN=C=O. The highest BCUT2D eigenvalue weighted by atomic mass is 28.4. The van der Waals surface area contributed by atoms with Gasteiger partial charge in [-0.1, -0.05) is 0 Å². The maximum absolute atomic E-state index is 9.85. The van der Waals surface area contributed by atoms with Gasteiger partial charge in [0.05, 0.1) is 6.54 Å². The molecule has 0 bridgehead atoms. The molecule has 0 N–H and O–H groups in total. The van der Waals surface area contributed by atoms with Crippen LogP contribution in [0.1, 0.15) is 33.6 Å². The van der Waals surface area contributed by atoms with E-state index >= 15 is 0 Å². The van der Waals surface area contributed by atoms with Crippen molar-refractivity contribution in [3.05, 3.63) is 0 Å². The first-order chi connectivity index (χ1) is 10.2. The lowest BCUT2D eigenvalue weighted by molar-refractivity contribution is -0.0308. The molecule has 7 nitrogen and oxygen atoms in total. The zero-order valence-corrected chi connectivity index (χ0v) is 14.3. The number of nitrogens with zero attached hydrogens (tertiary/aromatic N) is 1. The summed E-state index contributed by atoms with van der Waals surface area (Å²) in [4.78, 5) is 13.3. The van der Waals surface area contributed by atoms with Gasteiger partial charge in [0, 0.05) is 39.6 Å². The van der Waals surface area contributed by atoms with Gasteiger partial charge < -0.3 is 22.4 Å². The number of carbonyl (C=O) groups excluding carboxylic acids is 1. The lowest BCUT2D eigenvalue weighted by Gasteiger charge is -2.26. The maximum atomic E-state index is 9.85. The van der Waals surface area contributed by atoms with Crippen LogP contribution in [0, 0.1) is 0 Å². The Morgan fingerprint density at radius 3 is 1.95 bits per heavy atom. The van der Waals surface area contributed by atoms with Crippen molar-refractivity contribution in [2.75, 3.05) is 46.2 Å². The van der Waals surface area contributed by atoms with E-state index in [0.717, 1.165) is 6.42 Å². The number of aliphatic imine (C=N–C) groups is 1. The number of hydrogen-bond acceptors (Lipinski definition) is 7. The van der Waals surface area contributed by atoms with Crippen molar-refractivity contribution in [3.63, 3.8) is 0 Å². The van der Waals surface area contributed by atoms with E-state index in [1.807, 2.05) is 20.8 Å². The lowest BCUT2D eigenvalue weighted by atomic mass is 10.4. The van der Waals surface area contributed by atoms with Gasteiger partial charge in [-0.3, -0.25) is 0 Å². The largest absolute Gasteiger partial charge is 0.679 e. The minimum Gasteiger partial charge on any atom is -0.381 e. The monoisotopic (exact) mass is 321 g/mol. The van der Waals surface area contributed by atoms with Crippen molar-refractivity contribution in [2.24, 2.45) is 4.99 Å². The molecule has 0 saturated carbocycles. The summed E-state index contributed by atoms with van der Waals surface area (Å²) >= 11 is 0. The van der Waals surface area contributed by atoms with E-state index in [1.165, 1.54) is 6.08 Å². The molecule has 0 saturated heterocycles. The molecule has 0 aromatic heterocycles. The Morgan fingerprint density at radius 1 is 0.857 bits per heavy atom. The number of hydrogen-bond donors (Lipinski definition) is 0. The fourth-order valence-corrected chi connectivity index (χ4v) is 3.49. The number of rotatable bonds is 15. The minimum atomic E-state index is -3.00. The maximum Gasteiger partial charge on any atom is 0.679 e. The number of isocyanates is 1. The summed E-state index contributed by atoms with van der Waals surface area (Å²) in [5.41, 5.74) is 0. The second kappa shape index (κ2) is 14.3. The van der Waals surface area contributed by atoms with Gasteiger partial charge in [0.2, 0.25) is 6.08 Å². The summed E-state index contributed by atoms with van der Waals surface area (Å²) in [7, 11) is -3.00. The molecular weight excluding hydrogens is 294 g/mol. The van der Waals surface area contributed by atoms with Gasteiger partial charge in [-0.05, 0) is 33.6 Å². The van der Waals surface area contributed by atoms with Crippen LogP contribution < -0.4 is 0 Å². The molecule has 0 unspecified atom stereocenters. The van der Waals surface area contributed by atoms with Crippen molar-refractivity contribution in [2.45, 2.75) is 33.6 Å². The Bertz CT molecular complexity index is 269. The predicted molar refractivity (Wildman–Crippen MR) is 79.6 cm³/mol. The Morgan fingerprint density at radius 2 is 1.43 bits per heavy atom. The molecular formula is C13H27NO6Si. The molecule has 0 aliphatic rings. The second-order valence-electron chi connectivity index (χ2n) is 3.94. The van der Waals surface area contributed by atoms with Crippen molar-refractivity contribution >= 4 is 15.1 Å². The summed E-state index contributed by atoms with van der Waals surface area (Å²) in [6.07, 6.45) is 2.93. The summed E-state index contributed by atoms with van der Waals surface area (Å²) in [5.74, 6) is 0. The van der Waals surface area contributed by atoms with Crippen molar-refractivity contribution in [3.8, 4) is 0 Å². The lowest BCUT2D eigenvalue weighted by Crippen LogP contribution is -2.49. The predicted octanol–water partition coefficient (Wildman–Crippen LogP) is 1.68. The third kappa shape index (κ3) is 10.7. The molecule has 0 aromatic rings. The highest BCUT2D eigenvalue weighted by Crippen LogP contribution is 2.12. The molecule has 0 amide bonds. The van der Waals surface area contributed by atoms with Gasteiger partial charge in [-0.25, -0.2) is 9.79 Å². The quantitative estimate of drug-likeness (QED) is 0.198. The van der Waals surface area contributed by atoms with Crippen LogP contribution in [-0.4, -0.2) is 61.3 Å².